The molecule has 1 aromatic carbocycles. The minimum atomic E-state index is 0.705. The van der Waals surface area contributed by atoms with Crippen molar-refractivity contribution in [2.75, 3.05) is 16.8 Å². The number of hydrogen-bond donors (Lipinski definition) is 1. The lowest BCUT2D eigenvalue weighted by Gasteiger charge is -2.27. The summed E-state index contributed by atoms with van der Waals surface area (Å²) in [6.45, 7) is 2.15. The van der Waals surface area contributed by atoms with Gasteiger partial charge in [-0.15, -0.1) is 0 Å². The molecule has 64 valence electrons. The van der Waals surface area contributed by atoms with Crippen LogP contribution < -0.4 is 5.32 Å². The standard InChI is InChI=1S/C10H13NS/c1-8-4-2-3-5-10(8)11-9-6-12-7-9/h2-5,9,11H,6-7H2,1H3. The van der Waals surface area contributed by atoms with E-state index in [-0.39, 0.29) is 0 Å². The largest absolute Gasteiger partial charge is 0.380 e. The fourth-order valence-electron chi connectivity index (χ4n) is 1.27. The summed E-state index contributed by atoms with van der Waals surface area (Å²) < 4.78 is 0. The third kappa shape index (κ3) is 1.58. The molecular weight excluding hydrogens is 166 g/mol. The molecule has 0 saturated carbocycles. The Labute approximate surface area is 77.6 Å². The van der Waals surface area contributed by atoms with Crippen LogP contribution in [0.4, 0.5) is 5.69 Å². The van der Waals surface area contributed by atoms with Crippen LogP contribution in [-0.2, 0) is 0 Å². The lowest BCUT2D eigenvalue weighted by molar-refractivity contribution is 0.880. The van der Waals surface area contributed by atoms with Crippen LogP contribution in [-0.4, -0.2) is 17.5 Å². The molecule has 1 nitrogen and oxygen atoms in total. The van der Waals surface area contributed by atoms with E-state index in [1.54, 1.807) is 0 Å². The van der Waals surface area contributed by atoms with Crippen molar-refractivity contribution in [2.24, 2.45) is 0 Å². The fourth-order valence-corrected chi connectivity index (χ4v) is 1.91. The van der Waals surface area contributed by atoms with Crippen molar-refractivity contribution >= 4 is 17.4 Å². The average molecular weight is 179 g/mol. The van der Waals surface area contributed by atoms with E-state index in [4.69, 9.17) is 0 Å². The maximum absolute atomic E-state index is 3.53. The highest BCUT2D eigenvalue weighted by Gasteiger charge is 2.17. The summed E-state index contributed by atoms with van der Waals surface area (Å²) in [5, 5.41) is 3.53. The first-order chi connectivity index (χ1) is 5.86. The van der Waals surface area contributed by atoms with Crippen molar-refractivity contribution in [1.82, 2.24) is 0 Å². The first-order valence-corrected chi connectivity index (χ1v) is 5.41. The van der Waals surface area contributed by atoms with Gasteiger partial charge in [0.15, 0.2) is 0 Å². The lowest BCUT2D eigenvalue weighted by Crippen LogP contribution is -2.33. The third-order valence-electron chi connectivity index (χ3n) is 2.14. The van der Waals surface area contributed by atoms with E-state index in [2.05, 4.69) is 36.5 Å². The van der Waals surface area contributed by atoms with Crippen LogP contribution in [0.5, 0.6) is 0 Å². The molecule has 1 heterocycles. The van der Waals surface area contributed by atoms with Gasteiger partial charge in [0.1, 0.15) is 0 Å². The molecular formula is C10H13NS. The molecule has 0 spiro atoms. The summed E-state index contributed by atoms with van der Waals surface area (Å²) in [4.78, 5) is 0. The Balaban J connectivity index is 2.06. The zero-order chi connectivity index (χ0) is 8.39. The van der Waals surface area contributed by atoms with Gasteiger partial charge in [0.2, 0.25) is 0 Å². The van der Waals surface area contributed by atoms with Gasteiger partial charge < -0.3 is 5.32 Å². The van der Waals surface area contributed by atoms with Crippen LogP contribution in [0.3, 0.4) is 0 Å². The topological polar surface area (TPSA) is 12.0 Å². The van der Waals surface area contributed by atoms with Gasteiger partial charge in [-0.1, -0.05) is 18.2 Å². The van der Waals surface area contributed by atoms with Gasteiger partial charge in [0.25, 0.3) is 0 Å². The molecule has 2 rings (SSSR count). The second-order valence-electron chi connectivity index (χ2n) is 3.19. The minimum Gasteiger partial charge on any atom is -0.380 e. The molecule has 1 aliphatic heterocycles. The van der Waals surface area contributed by atoms with Gasteiger partial charge >= 0.3 is 0 Å². The zero-order valence-corrected chi connectivity index (χ0v) is 8.03. The molecule has 12 heavy (non-hydrogen) atoms. The van der Waals surface area contributed by atoms with Crippen molar-refractivity contribution < 1.29 is 0 Å². The monoisotopic (exact) mass is 179 g/mol. The highest BCUT2D eigenvalue weighted by atomic mass is 32.2. The predicted molar refractivity (Wildman–Crippen MR) is 55.9 cm³/mol. The number of hydrogen-bond acceptors (Lipinski definition) is 2. The Morgan fingerprint density at radius 1 is 1.33 bits per heavy atom. The number of nitrogens with one attached hydrogen (secondary N) is 1. The van der Waals surface area contributed by atoms with E-state index < -0.39 is 0 Å². The summed E-state index contributed by atoms with van der Waals surface area (Å²) >= 11 is 2.01. The Bertz CT molecular complexity index is 268. The van der Waals surface area contributed by atoms with E-state index in [0.717, 1.165) is 0 Å². The Kier molecular flexibility index (Phi) is 2.26. The molecule has 1 aromatic rings. The van der Waals surface area contributed by atoms with Gasteiger partial charge in [-0.3, -0.25) is 0 Å². The van der Waals surface area contributed by atoms with E-state index in [1.807, 2.05) is 11.8 Å². The molecule has 0 amide bonds. The minimum absolute atomic E-state index is 0.705. The molecule has 0 aromatic heterocycles. The smallest absolute Gasteiger partial charge is 0.0442 e. The Hall–Kier alpha value is -0.630. The van der Waals surface area contributed by atoms with Gasteiger partial charge in [0.05, 0.1) is 0 Å². The molecule has 0 bridgehead atoms. The SMILES string of the molecule is Cc1ccccc1NC1CSC1. The highest BCUT2D eigenvalue weighted by molar-refractivity contribution is 8.00. The van der Waals surface area contributed by atoms with Gasteiger partial charge in [0, 0.05) is 23.2 Å². The molecule has 1 aliphatic rings. The summed E-state index contributed by atoms with van der Waals surface area (Å²) in [6.07, 6.45) is 0. The quantitative estimate of drug-likeness (QED) is 0.748. The molecule has 0 aliphatic carbocycles. The fraction of sp³-hybridized carbons (Fsp3) is 0.400. The van der Waals surface area contributed by atoms with Crippen molar-refractivity contribution in [3.63, 3.8) is 0 Å². The summed E-state index contributed by atoms with van der Waals surface area (Å²) in [5.74, 6) is 2.52. The van der Waals surface area contributed by atoms with Crippen LogP contribution in [0.25, 0.3) is 0 Å². The second kappa shape index (κ2) is 3.40. The Morgan fingerprint density at radius 3 is 2.67 bits per heavy atom. The maximum Gasteiger partial charge on any atom is 0.0442 e. The van der Waals surface area contributed by atoms with Crippen LogP contribution in [0, 0.1) is 6.92 Å². The first-order valence-electron chi connectivity index (χ1n) is 4.26. The predicted octanol–water partition coefficient (Wildman–Crippen LogP) is 2.52. The summed E-state index contributed by atoms with van der Waals surface area (Å²) in [5.41, 5.74) is 2.64. The average Bonchev–Trinajstić information content (AvgIpc) is 2.00. The number of aryl methyl sites for hydroxylation is 1. The Morgan fingerprint density at radius 2 is 2.08 bits per heavy atom. The van der Waals surface area contributed by atoms with Gasteiger partial charge in [-0.25, -0.2) is 0 Å². The molecule has 0 radical (unpaired) electrons. The number of para-hydroxylation sites is 1. The first kappa shape index (κ1) is 7.99. The number of thioether (sulfide) groups is 1. The molecule has 2 heteroatoms. The molecule has 1 N–H and O–H groups in total. The van der Waals surface area contributed by atoms with Crippen LogP contribution in [0.15, 0.2) is 24.3 Å². The molecule has 0 atom stereocenters. The van der Waals surface area contributed by atoms with E-state index in [0.29, 0.717) is 6.04 Å². The summed E-state index contributed by atoms with van der Waals surface area (Å²) in [7, 11) is 0. The number of rotatable bonds is 2. The highest BCUT2D eigenvalue weighted by Crippen LogP contribution is 2.23. The van der Waals surface area contributed by atoms with Crippen molar-refractivity contribution in [1.29, 1.82) is 0 Å². The van der Waals surface area contributed by atoms with E-state index in [1.165, 1.54) is 22.8 Å². The number of benzene rings is 1. The third-order valence-corrected chi connectivity index (χ3v) is 3.42. The normalized spacial score (nSPS) is 17.1. The van der Waals surface area contributed by atoms with Crippen molar-refractivity contribution in [3.05, 3.63) is 29.8 Å². The van der Waals surface area contributed by atoms with Gasteiger partial charge in [-0.2, -0.15) is 11.8 Å². The van der Waals surface area contributed by atoms with Gasteiger partial charge in [-0.05, 0) is 18.6 Å². The maximum atomic E-state index is 3.53. The zero-order valence-electron chi connectivity index (χ0n) is 7.21. The second-order valence-corrected chi connectivity index (χ2v) is 4.27. The molecule has 1 fully saturated rings. The van der Waals surface area contributed by atoms with Crippen LogP contribution >= 0.6 is 11.8 Å². The molecule has 1 saturated heterocycles. The number of anilines is 1. The van der Waals surface area contributed by atoms with E-state index in [9.17, 15) is 0 Å². The lowest BCUT2D eigenvalue weighted by atomic mass is 10.2. The van der Waals surface area contributed by atoms with Crippen LogP contribution in [0.2, 0.25) is 0 Å². The summed E-state index contributed by atoms with van der Waals surface area (Å²) in [6, 6.07) is 9.17. The van der Waals surface area contributed by atoms with E-state index >= 15 is 0 Å². The van der Waals surface area contributed by atoms with Crippen LogP contribution in [0.1, 0.15) is 5.56 Å². The van der Waals surface area contributed by atoms with Crippen molar-refractivity contribution in [3.8, 4) is 0 Å². The van der Waals surface area contributed by atoms with Crippen molar-refractivity contribution in [2.45, 2.75) is 13.0 Å². The molecule has 0 unspecified atom stereocenters.